The maximum Gasteiger partial charge on any atom is 0.416 e. The minimum atomic E-state index is -4.36. The molecular weight excluding hydrogens is 507 g/mol. The molecule has 0 bridgehead atoms. The van der Waals surface area contributed by atoms with E-state index in [9.17, 15) is 18.0 Å². The van der Waals surface area contributed by atoms with Crippen LogP contribution >= 0.6 is 23.1 Å². The minimum Gasteiger partial charge on any atom is -0.481 e. The smallest absolute Gasteiger partial charge is 0.416 e. The maximum absolute atomic E-state index is 12.9. The summed E-state index contributed by atoms with van der Waals surface area (Å²) in [6, 6.07) is 9.31. The number of benzene rings is 2. The molecule has 0 aliphatic rings. The highest BCUT2D eigenvalue weighted by Crippen LogP contribution is 2.40. The summed E-state index contributed by atoms with van der Waals surface area (Å²) in [6.07, 6.45) is -4.36. The lowest BCUT2D eigenvalue weighted by Gasteiger charge is -2.21. The standard InChI is InChI=1S/C27H30F3NO3S2/c1-15(2)21-11-20(12-22(16(3)4)25(21)34-13-24(32)33-6)35-14-23-17(5)31-26(36-23)18-7-9-19(10-8-18)27(28,29)30/h7-12,15-16H,13-14H2,1-6H3. The van der Waals surface area contributed by atoms with Gasteiger partial charge in [-0.25, -0.2) is 9.78 Å². The van der Waals surface area contributed by atoms with Gasteiger partial charge in [0, 0.05) is 21.1 Å². The third-order valence-corrected chi connectivity index (χ3v) is 8.04. The number of hydrogen-bond acceptors (Lipinski definition) is 6. The lowest BCUT2D eigenvalue weighted by Crippen LogP contribution is -2.15. The van der Waals surface area contributed by atoms with Crippen LogP contribution in [0.5, 0.6) is 5.75 Å². The van der Waals surface area contributed by atoms with Crippen molar-refractivity contribution in [3.63, 3.8) is 0 Å². The third kappa shape index (κ3) is 6.82. The van der Waals surface area contributed by atoms with Gasteiger partial charge >= 0.3 is 12.1 Å². The normalized spacial score (nSPS) is 11.9. The summed E-state index contributed by atoms with van der Waals surface area (Å²) in [5.41, 5.74) is 2.92. The second-order valence-corrected chi connectivity index (χ2v) is 11.1. The maximum atomic E-state index is 12.9. The predicted molar refractivity (Wildman–Crippen MR) is 139 cm³/mol. The fraction of sp³-hybridized carbons (Fsp3) is 0.407. The molecule has 0 saturated heterocycles. The van der Waals surface area contributed by atoms with E-state index >= 15 is 0 Å². The molecule has 0 unspecified atom stereocenters. The van der Waals surface area contributed by atoms with E-state index in [0.717, 1.165) is 44.5 Å². The molecular formula is C27H30F3NO3S2. The first-order chi connectivity index (χ1) is 16.9. The van der Waals surface area contributed by atoms with Crippen LogP contribution in [0.1, 0.15) is 66.8 Å². The highest BCUT2D eigenvalue weighted by molar-refractivity contribution is 7.98. The Kier molecular flexibility index (Phi) is 9.11. The van der Waals surface area contributed by atoms with Gasteiger partial charge in [-0.1, -0.05) is 39.8 Å². The number of esters is 1. The zero-order chi connectivity index (χ0) is 26.6. The van der Waals surface area contributed by atoms with Crippen LogP contribution in [0.2, 0.25) is 0 Å². The number of carbonyl (C=O) groups is 1. The zero-order valence-electron chi connectivity index (χ0n) is 21.2. The number of thioether (sulfide) groups is 1. The second kappa shape index (κ2) is 11.7. The van der Waals surface area contributed by atoms with E-state index < -0.39 is 17.7 Å². The Hall–Kier alpha value is -2.52. The largest absolute Gasteiger partial charge is 0.481 e. The fourth-order valence-corrected chi connectivity index (χ4v) is 5.78. The molecule has 0 aliphatic carbocycles. The van der Waals surface area contributed by atoms with Gasteiger partial charge in [0.05, 0.1) is 18.4 Å². The van der Waals surface area contributed by atoms with Gasteiger partial charge in [0.1, 0.15) is 10.8 Å². The van der Waals surface area contributed by atoms with E-state index in [0.29, 0.717) is 16.3 Å². The van der Waals surface area contributed by atoms with Crippen LogP contribution in [0.4, 0.5) is 13.2 Å². The summed E-state index contributed by atoms with van der Waals surface area (Å²) < 4.78 is 49.3. The van der Waals surface area contributed by atoms with Gasteiger partial charge in [0.2, 0.25) is 0 Å². The van der Waals surface area contributed by atoms with E-state index in [4.69, 9.17) is 9.47 Å². The molecule has 1 heterocycles. The second-order valence-electron chi connectivity index (χ2n) is 9.00. The number of rotatable bonds is 9. The van der Waals surface area contributed by atoms with Crippen LogP contribution in [0.25, 0.3) is 10.6 Å². The molecule has 9 heteroatoms. The summed E-state index contributed by atoms with van der Waals surface area (Å²) in [7, 11) is 1.34. The number of ether oxygens (including phenoxy) is 2. The Morgan fingerprint density at radius 2 is 1.64 bits per heavy atom. The van der Waals surface area contributed by atoms with E-state index in [1.165, 1.54) is 30.6 Å². The number of halogens is 3. The average molecular weight is 538 g/mol. The number of alkyl halides is 3. The van der Waals surface area contributed by atoms with Gasteiger partial charge in [0.15, 0.2) is 6.61 Å². The van der Waals surface area contributed by atoms with Crippen LogP contribution < -0.4 is 4.74 Å². The first-order valence-corrected chi connectivity index (χ1v) is 13.3. The van der Waals surface area contributed by atoms with Crippen molar-refractivity contribution >= 4 is 29.1 Å². The predicted octanol–water partition coefficient (Wildman–Crippen LogP) is 8.23. The molecule has 0 spiro atoms. The molecule has 0 aliphatic heterocycles. The van der Waals surface area contributed by atoms with E-state index in [2.05, 4.69) is 44.8 Å². The summed E-state index contributed by atoms with van der Waals surface area (Å²) in [5.74, 6) is 1.36. The molecule has 3 rings (SSSR count). The highest BCUT2D eigenvalue weighted by Gasteiger charge is 2.30. The molecule has 2 aromatic carbocycles. The first-order valence-electron chi connectivity index (χ1n) is 11.5. The Morgan fingerprint density at radius 1 is 1.06 bits per heavy atom. The van der Waals surface area contributed by atoms with Crippen LogP contribution in [0.15, 0.2) is 41.3 Å². The molecule has 1 aromatic heterocycles. The van der Waals surface area contributed by atoms with Crippen molar-refractivity contribution < 1.29 is 27.4 Å². The lowest BCUT2D eigenvalue weighted by molar-refractivity contribution is -0.143. The molecule has 0 radical (unpaired) electrons. The van der Waals surface area contributed by atoms with Crippen LogP contribution in [0.3, 0.4) is 0 Å². The van der Waals surface area contributed by atoms with Crippen molar-refractivity contribution in [2.24, 2.45) is 0 Å². The summed E-state index contributed by atoms with van der Waals surface area (Å²) in [6.45, 7) is 10.1. The van der Waals surface area contributed by atoms with Crippen molar-refractivity contribution in [2.75, 3.05) is 13.7 Å². The first kappa shape index (κ1) is 28.1. The Morgan fingerprint density at radius 3 is 2.14 bits per heavy atom. The molecule has 194 valence electrons. The fourth-order valence-electron chi connectivity index (χ4n) is 3.58. The minimum absolute atomic E-state index is 0.144. The lowest BCUT2D eigenvalue weighted by atomic mass is 9.94. The van der Waals surface area contributed by atoms with Crippen LogP contribution in [-0.2, 0) is 21.5 Å². The SMILES string of the molecule is COC(=O)COc1c(C(C)C)cc(SCc2sc(-c3ccc(C(F)(F)F)cc3)nc2C)cc1C(C)C. The summed E-state index contributed by atoms with van der Waals surface area (Å²) in [4.78, 5) is 18.4. The highest BCUT2D eigenvalue weighted by atomic mass is 32.2. The number of nitrogens with zero attached hydrogens (tertiary/aromatic N) is 1. The van der Waals surface area contributed by atoms with Crippen molar-refractivity contribution in [2.45, 2.75) is 63.3 Å². The zero-order valence-corrected chi connectivity index (χ0v) is 22.8. The number of aryl methyl sites for hydroxylation is 1. The van der Waals surface area contributed by atoms with E-state index in [1.807, 2.05) is 6.92 Å². The van der Waals surface area contributed by atoms with Crippen LogP contribution in [0, 0.1) is 6.92 Å². The molecule has 4 nitrogen and oxygen atoms in total. The number of hydrogen-bond donors (Lipinski definition) is 0. The topological polar surface area (TPSA) is 48.4 Å². The van der Waals surface area contributed by atoms with Gasteiger partial charge < -0.3 is 9.47 Å². The van der Waals surface area contributed by atoms with Crippen molar-refractivity contribution in [1.29, 1.82) is 0 Å². The molecule has 0 saturated carbocycles. The van der Waals surface area contributed by atoms with Gasteiger partial charge in [-0.15, -0.1) is 23.1 Å². The van der Waals surface area contributed by atoms with Gasteiger partial charge in [-0.05, 0) is 54.2 Å². The quantitative estimate of drug-likeness (QED) is 0.203. The number of aromatic nitrogens is 1. The number of methoxy groups -OCH3 is 1. The van der Waals surface area contributed by atoms with Crippen molar-refractivity contribution in [3.8, 4) is 16.3 Å². The Balaban J connectivity index is 1.83. The van der Waals surface area contributed by atoms with E-state index in [-0.39, 0.29) is 18.4 Å². The number of carbonyl (C=O) groups excluding carboxylic acids is 1. The molecule has 0 fully saturated rings. The van der Waals surface area contributed by atoms with Crippen LogP contribution in [-0.4, -0.2) is 24.7 Å². The number of thiazole rings is 1. The summed E-state index contributed by atoms with van der Waals surface area (Å²) in [5, 5.41) is 0.703. The molecule has 0 atom stereocenters. The third-order valence-electron chi connectivity index (χ3n) is 5.65. The van der Waals surface area contributed by atoms with Gasteiger partial charge in [-0.2, -0.15) is 13.2 Å². The van der Waals surface area contributed by atoms with Crippen molar-refractivity contribution in [1.82, 2.24) is 4.98 Å². The van der Waals surface area contributed by atoms with Gasteiger partial charge in [0.25, 0.3) is 0 Å². The molecule has 36 heavy (non-hydrogen) atoms. The Labute approximate surface area is 218 Å². The Bertz CT molecular complexity index is 1170. The van der Waals surface area contributed by atoms with Crippen molar-refractivity contribution in [3.05, 3.63) is 63.7 Å². The van der Waals surface area contributed by atoms with E-state index in [1.54, 1.807) is 11.8 Å². The van der Waals surface area contributed by atoms with Gasteiger partial charge in [-0.3, -0.25) is 0 Å². The molecule has 0 N–H and O–H groups in total. The molecule has 3 aromatic rings. The monoisotopic (exact) mass is 537 g/mol. The average Bonchev–Trinajstić information content (AvgIpc) is 3.20. The molecule has 0 amide bonds. The summed E-state index contributed by atoms with van der Waals surface area (Å²) >= 11 is 3.17.